The molecular weight excluding hydrogens is 510 g/mol. The minimum absolute atomic E-state index is 0.00423. The molecule has 0 radical (unpaired) electrons. The Kier molecular flexibility index (Phi) is 6.94. The van der Waals surface area contributed by atoms with Gasteiger partial charge in [-0.25, -0.2) is 0 Å². The van der Waals surface area contributed by atoms with E-state index in [9.17, 15) is 35.1 Å². The number of aliphatic hydroxyl groups is 3. The monoisotopic (exact) mass is 543 g/mol. The smallest absolute Gasteiger partial charge is 0.202 e. The molecule has 5 rings (SSSR count). The van der Waals surface area contributed by atoms with Crippen molar-refractivity contribution in [3.8, 4) is 17.2 Å². The molecule has 0 amide bonds. The van der Waals surface area contributed by atoms with E-state index in [0.717, 1.165) is 0 Å². The fraction of sp³-hybridized carbons (Fsp3) is 0.500. The first-order valence-corrected chi connectivity index (χ1v) is 12.9. The predicted molar refractivity (Wildman–Crippen MR) is 136 cm³/mol. The summed E-state index contributed by atoms with van der Waals surface area (Å²) in [5, 5.41) is 54.5. The van der Waals surface area contributed by atoms with Crippen LogP contribution in [-0.2, 0) is 15.9 Å². The van der Waals surface area contributed by atoms with Crippen molar-refractivity contribution in [1.29, 1.82) is 0 Å². The van der Waals surface area contributed by atoms with Crippen molar-refractivity contribution < 1.29 is 49.3 Å². The maximum atomic E-state index is 13.7. The van der Waals surface area contributed by atoms with E-state index in [1.807, 2.05) is 6.92 Å². The van der Waals surface area contributed by atoms with E-state index in [-0.39, 0.29) is 52.3 Å². The molecule has 1 heterocycles. The molecule has 11 nitrogen and oxygen atoms in total. The number of nitrogens with two attached hydrogens (primary N) is 1. The van der Waals surface area contributed by atoms with Gasteiger partial charge >= 0.3 is 0 Å². The molecule has 0 aromatic heterocycles. The largest absolute Gasteiger partial charge is 0.507 e. The predicted octanol–water partition coefficient (Wildman–Crippen LogP) is 1.07. The molecule has 7 atom stereocenters. The highest BCUT2D eigenvalue weighted by Crippen LogP contribution is 2.52. The highest BCUT2D eigenvalue weighted by molar-refractivity contribution is 6.31. The van der Waals surface area contributed by atoms with Crippen LogP contribution in [0.4, 0.5) is 0 Å². The first-order valence-electron chi connectivity index (χ1n) is 12.9. The van der Waals surface area contributed by atoms with E-state index in [4.69, 9.17) is 19.9 Å². The first-order chi connectivity index (χ1) is 18.4. The van der Waals surface area contributed by atoms with E-state index in [1.54, 1.807) is 6.92 Å². The Morgan fingerprint density at radius 1 is 1.13 bits per heavy atom. The number of ketones is 2. The van der Waals surface area contributed by atoms with Gasteiger partial charge in [-0.3, -0.25) is 9.59 Å². The van der Waals surface area contributed by atoms with Gasteiger partial charge in [-0.15, -0.1) is 0 Å². The van der Waals surface area contributed by atoms with Gasteiger partial charge < -0.3 is 45.5 Å². The van der Waals surface area contributed by atoms with Crippen molar-refractivity contribution in [2.45, 2.75) is 69.4 Å². The van der Waals surface area contributed by atoms with E-state index in [1.165, 1.54) is 25.3 Å². The standard InChI is InChI=1S/C28H33NO10/c1-11-7-18(38-12(2)23(11)31)39-16-9-28(36,17(29)10-30)8-14-20(16)27(35)22-21(25(14)33)24(32)13-5-4-6-15(37-3)19(13)26(22)34/h4-6,11-12,16-18,23,30-31,33,35-36H,7-10,29H2,1-3H3/t11?,12?,16-,17?,18?,23?,28-/m0/s1. The summed E-state index contributed by atoms with van der Waals surface area (Å²) in [6.07, 6.45) is -3.52. The minimum atomic E-state index is -1.79. The topological polar surface area (TPSA) is 189 Å². The van der Waals surface area contributed by atoms with Gasteiger partial charge in [-0.2, -0.15) is 0 Å². The average Bonchev–Trinajstić information content (AvgIpc) is 2.90. The molecule has 2 aromatic rings. The van der Waals surface area contributed by atoms with Crippen LogP contribution in [0.2, 0.25) is 0 Å². The second-order valence-electron chi connectivity index (χ2n) is 10.8. The number of benzene rings is 2. The number of ether oxygens (including phenoxy) is 3. The van der Waals surface area contributed by atoms with Crippen LogP contribution in [0.5, 0.6) is 17.2 Å². The number of phenolic OH excluding ortho intramolecular Hbond substituents is 2. The molecule has 11 heteroatoms. The molecule has 5 unspecified atom stereocenters. The molecular formula is C28H33NO10. The van der Waals surface area contributed by atoms with Gasteiger partial charge in [0.05, 0.1) is 60.4 Å². The van der Waals surface area contributed by atoms with E-state index in [2.05, 4.69) is 0 Å². The van der Waals surface area contributed by atoms with Gasteiger partial charge in [0.2, 0.25) is 5.78 Å². The lowest BCUT2D eigenvalue weighted by Gasteiger charge is -2.44. The average molecular weight is 544 g/mol. The summed E-state index contributed by atoms with van der Waals surface area (Å²) < 4.78 is 17.3. The third kappa shape index (κ3) is 4.21. The highest BCUT2D eigenvalue weighted by atomic mass is 16.7. The lowest BCUT2D eigenvalue weighted by atomic mass is 9.71. The third-order valence-corrected chi connectivity index (χ3v) is 8.30. The number of phenols is 2. The first kappa shape index (κ1) is 27.5. The molecule has 3 aliphatic rings. The molecule has 2 aromatic carbocycles. The van der Waals surface area contributed by atoms with Gasteiger partial charge in [0.1, 0.15) is 17.2 Å². The van der Waals surface area contributed by atoms with Crippen LogP contribution < -0.4 is 10.5 Å². The molecule has 0 saturated carbocycles. The number of carbonyl (C=O) groups excluding carboxylic acids is 2. The van der Waals surface area contributed by atoms with Crippen molar-refractivity contribution in [2.24, 2.45) is 11.7 Å². The lowest BCUT2D eigenvalue weighted by molar-refractivity contribution is -0.256. The number of hydrogen-bond acceptors (Lipinski definition) is 11. The second kappa shape index (κ2) is 9.84. The Bertz CT molecular complexity index is 1330. The number of carbonyl (C=O) groups is 2. The summed E-state index contributed by atoms with van der Waals surface area (Å²) in [7, 11) is 1.35. The van der Waals surface area contributed by atoms with Gasteiger partial charge in [-0.05, 0) is 18.9 Å². The highest BCUT2D eigenvalue weighted by Gasteiger charge is 2.49. The molecule has 1 saturated heterocycles. The van der Waals surface area contributed by atoms with E-state index in [0.29, 0.717) is 6.42 Å². The fourth-order valence-electron chi connectivity index (χ4n) is 6.07. The van der Waals surface area contributed by atoms with Crippen molar-refractivity contribution >= 4 is 11.6 Å². The Labute approximate surface area is 224 Å². The van der Waals surface area contributed by atoms with E-state index >= 15 is 0 Å². The maximum absolute atomic E-state index is 13.7. The zero-order valence-corrected chi connectivity index (χ0v) is 21.9. The van der Waals surface area contributed by atoms with Crippen LogP contribution in [0.15, 0.2) is 18.2 Å². The van der Waals surface area contributed by atoms with Crippen molar-refractivity contribution in [1.82, 2.24) is 0 Å². The number of hydrogen-bond donors (Lipinski definition) is 6. The van der Waals surface area contributed by atoms with Gasteiger partial charge in [0.25, 0.3) is 0 Å². The number of methoxy groups -OCH3 is 1. The Hall–Kier alpha value is -3.06. The number of rotatable bonds is 5. The van der Waals surface area contributed by atoms with Crippen LogP contribution in [-0.4, -0.2) is 81.0 Å². The fourth-order valence-corrected chi connectivity index (χ4v) is 6.07. The Balaban J connectivity index is 1.68. The van der Waals surface area contributed by atoms with E-state index < -0.39 is 71.5 Å². The normalized spacial score (nSPS) is 30.8. The van der Waals surface area contributed by atoms with Crippen LogP contribution in [0.3, 0.4) is 0 Å². The molecule has 2 aliphatic carbocycles. The van der Waals surface area contributed by atoms with Gasteiger partial charge in [0, 0.05) is 36.0 Å². The maximum Gasteiger partial charge on any atom is 0.202 e. The summed E-state index contributed by atoms with van der Waals surface area (Å²) in [5.74, 6) is -2.59. The number of aliphatic hydroxyl groups excluding tert-OH is 2. The molecule has 1 aliphatic heterocycles. The zero-order valence-electron chi connectivity index (χ0n) is 21.9. The molecule has 0 bridgehead atoms. The molecule has 1 fully saturated rings. The number of fused-ring (bicyclic) bond motifs is 3. The lowest BCUT2D eigenvalue weighted by Crippen LogP contribution is -2.55. The van der Waals surface area contributed by atoms with Gasteiger partial charge in [-0.1, -0.05) is 19.1 Å². The SMILES string of the molecule is COc1cccc2c1C(=O)c1c(O)c3c(c(O)c1C2=O)C[C@@](O)(C(N)CO)C[C@@H]3OC1CC(C)C(O)C(C)O1. The van der Waals surface area contributed by atoms with Crippen LogP contribution in [0.25, 0.3) is 0 Å². The summed E-state index contributed by atoms with van der Waals surface area (Å²) in [6.45, 7) is 2.95. The minimum Gasteiger partial charge on any atom is -0.507 e. The summed E-state index contributed by atoms with van der Waals surface area (Å²) >= 11 is 0. The van der Waals surface area contributed by atoms with Crippen molar-refractivity contribution in [3.63, 3.8) is 0 Å². The quantitative estimate of drug-likeness (QED) is 0.253. The summed E-state index contributed by atoms with van der Waals surface area (Å²) in [5.41, 5.74) is 3.47. The van der Waals surface area contributed by atoms with Crippen molar-refractivity contribution in [2.75, 3.05) is 13.7 Å². The van der Waals surface area contributed by atoms with Crippen LogP contribution in [0.1, 0.15) is 75.8 Å². The summed E-state index contributed by atoms with van der Waals surface area (Å²) in [6, 6.07) is 3.33. The molecule has 39 heavy (non-hydrogen) atoms. The van der Waals surface area contributed by atoms with Crippen molar-refractivity contribution in [3.05, 3.63) is 51.6 Å². The van der Waals surface area contributed by atoms with Crippen LogP contribution >= 0.6 is 0 Å². The molecule has 210 valence electrons. The Morgan fingerprint density at radius 2 is 1.82 bits per heavy atom. The third-order valence-electron chi connectivity index (χ3n) is 8.30. The Morgan fingerprint density at radius 3 is 2.46 bits per heavy atom. The zero-order chi connectivity index (χ0) is 28.4. The molecule has 7 N–H and O–H groups in total. The van der Waals surface area contributed by atoms with Crippen LogP contribution in [0, 0.1) is 5.92 Å². The summed E-state index contributed by atoms with van der Waals surface area (Å²) in [4.78, 5) is 27.2. The number of aromatic hydroxyl groups is 2. The second-order valence-corrected chi connectivity index (χ2v) is 10.8. The molecule has 0 spiro atoms. The van der Waals surface area contributed by atoms with Gasteiger partial charge in [0.15, 0.2) is 12.1 Å².